The van der Waals surface area contributed by atoms with Crippen LogP contribution in [0.4, 0.5) is 11.4 Å². The van der Waals surface area contributed by atoms with E-state index in [9.17, 15) is 8.42 Å². The summed E-state index contributed by atoms with van der Waals surface area (Å²) in [6.07, 6.45) is 4.39. The molecule has 0 radical (unpaired) electrons. The molecule has 8 heteroatoms. The molecule has 0 aliphatic heterocycles. The van der Waals surface area contributed by atoms with Crippen LogP contribution >= 0.6 is 27.5 Å². The Balaban J connectivity index is 0.000000217. The minimum atomic E-state index is -3.24. The highest BCUT2D eigenvalue weighted by atomic mass is 79.9. The van der Waals surface area contributed by atoms with Crippen molar-refractivity contribution < 1.29 is 8.42 Å². The van der Waals surface area contributed by atoms with E-state index in [0.717, 1.165) is 10.7 Å². The van der Waals surface area contributed by atoms with E-state index in [-0.39, 0.29) is 9.92 Å². The number of nitrogens with zero attached hydrogens (tertiary/aromatic N) is 1. The van der Waals surface area contributed by atoms with E-state index in [1.54, 1.807) is 18.5 Å². The molecular formula is C12H13BrClN3O2S. The molecule has 0 aliphatic carbocycles. The second-order valence-corrected chi connectivity index (χ2v) is 7.21. The van der Waals surface area contributed by atoms with Gasteiger partial charge in [0.1, 0.15) is 0 Å². The van der Waals surface area contributed by atoms with Crippen molar-refractivity contribution in [2.45, 2.75) is 4.90 Å². The van der Waals surface area contributed by atoms with Gasteiger partial charge in [-0.25, -0.2) is 8.42 Å². The molecule has 1 aromatic carbocycles. The van der Waals surface area contributed by atoms with Crippen LogP contribution in [0.25, 0.3) is 0 Å². The molecule has 0 saturated carbocycles. The predicted octanol–water partition coefficient (Wildman–Crippen LogP) is 2.75. The number of benzene rings is 1. The number of halogens is 2. The maximum Gasteiger partial charge on any atom is 0.176 e. The zero-order valence-corrected chi connectivity index (χ0v) is 13.7. The molecule has 0 amide bonds. The van der Waals surface area contributed by atoms with E-state index < -0.39 is 9.84 Å². The van der Waals surface area contributed by atoms with E-state index in [1.807, 2.05) is 0 Å². The molecule has 2 rings (SSSR count). The van der Waals surface area contributed by atoms with Gasteiger partial charge in [-0.2, -0.15) is 0 Å². The van der Waals surface area contributed by atoms with E-state index in [2.05, 4.69) is 20.9 Å². The second kappa shape index (κ2) is 6.92. The normalized spacial score (nSPS) is 10.6. The van der Waals surface area contributed by atoms with E-state index in [4.69, 9.17) is 23.1 Å². The summed E-state index contributed by atoms with van der Waals surface area (Å²) < 4.78 is 23.0. The Hall–Kier alpha value is -1.31. The molecule has 2 aromatic rings. The summed E-state index contributed by atoms with van der Waals surface area (Å²) in [6.45, 7) is 0. The number of nitrogens with two attached hydrogens (primary N) is 2. The minimum absolute atomic E-state index is 0.110. The predicted molar refractivity (Wildman–Crippen MR) is 85.3 cm³/mol. The Kier molecular flexibility index (Phi) is 5.79. The number of anilines is 2. The first kappa shape index (κ1) is 16.7. The first-order valence-corrected chi connectivity index (χ1v) is 8.37. The first-order chi connectivity index (χ1) is 9.20. The fourth-order valence-electron chi connectivity index (χ4n) is 1.25. The third-order valence-electron chi connectivity index (χ3n) is 2.08. The highest BCUT2D eigenvalue weighted by molar-refractivity contribution is 9.10. The van der Waals surface area contributed by atoms with E-state index >= 15 is 0 Å². The highest BCUT2D eigenvalue weighted by Gasteiger charge is 2.11. The van der Waals surface area contributed by atoms with Gasteiger partial charge >= 0.3 is 0 Å². The molecule has 20 heavy (non-hydrogen) atoms. The molecule has 0 spiro atoms. The lowest BCUT2D eigenvalue weighted by Crippen LogP contribution is -1.98. The minimum Gasteiger partial charge on any atom is -0.399 e. The van der Waals surface area contributed by atoms with Gasteiger partial charge in [0.25, 0.3) is 0 Å². The maximum atomic E-state index is 11.0. The van der Waals surface area contributed by atoms with Gasteiger partial charge in [0.2, 0.25) is 0 Å². The standard InChI is InChI=1S/C7H8ClNO2S.C5H5BrN2/c1-12(10,11)7-3-2-5(9)4-6(7)8;6-4-1-5(7)3-8-2-4/h2-4H,9H2,1H3;1-3H,7H2. The average Bonchev–Trinajstić information content (AvgIpc) is 2.27. The summed E-state index contributed by atoms with van der Waals surface area (Å²) in [5.74, 6) is 0. The van der Waals surface area contributed by atoms with E-state index in [1.165, 1.54) is 18.2 Å². The van der Waals surface area contributed by atoms with Gasteiger partial charge in [-0.15, -0.1) is 0 Å². The topological polar surface area (TPSA) is 99.1 Å². The summed E-state index contributed by atoms with van der Waals surface area (Å²) in [5.41, 5.74) is 11.9. The highest BCUT2D eigenvalue weighted by Crippen LogP contribution is 2.23. The van der Waals surface area contributed by atoms with Crippen LogP contribution in [0.5, 0.6) is 0 Å². The van der Waals surface area contributed by atoms with Crippen molar-refractivity contribution in [3.8, 4) is 0 Å². The SMILES string of the molecule is CS(=O)(=O)c1ccc(N)cc1Cl.Nc1cncc(Br)c1. The monoisotopic (exact) mass is 377 g/mol. The third kappa shape index (κ3) is 5.36. The maximum absolute atomic E-state index is 11.0. The van der Waals surface area contributed by atoms with Gasteiger partial charge in [0.15, 0.2) is 9.84 Å². The summed E-state index contributed by atoms with van der Waals surface area (Å²) in [5, 5.41) is 0.164. The van der Waals surface area contributed by atoms with Gasteiger partial charge in [0.05, 0.1) is 15.6 Å². The molecule has 0 fully saturated rings. The zero-order valence-electron chi connectivity index (χ0n) is 10.5. The molecule has 5 nitrogen and oxygen atoms in total. The average molecular weight is 379 g/mol. The fourth-order valence-corrected chi connectivity index (χ4v) is 2.97. The quantitative estimate of drug-likeness (QED) is 0.743. The van der Waals surface area contributed by atoms with Crippen LogP contribution in [0.15, 0.2) is 46.0 Å². The van der Waals surface area contributed by atoms with Crippen LogP contribution in [0.2, 0.25) is 5.02 Å². The van der Waals surface area contributed by atoms with Crippen molar-refractivity contribution in [1.82, 2.24) is 4.98 Å². The van der Waals surface area contributed by atoms with Gasteiger partial charge in [-0.05, 0) is 40.2 Å². The van der Waals surface area contributed by atoms with Crippen molar-refractivity contribution >= 4 is 48.7 Å². The smallest absolute Gasteiger partial charge is 0.176 e. The summed E-state index contributed by atoms with van der Waals surface area (Å²) >= 11 is 8.87. The Morgan fingerprint density at radius 3 is 2.20 bits per heavy atom. The van der Waals surface area contributed by atoms with Crippen LogP contribution in [0.3, 0.4) is 0 Å². The summed E-state index contributed by atoms with van der Waals surface area (Å²) in [6, 6.07) is 6.11. The zero-order chi connectivity index (χ0) is 15.3. The summed E-state index contributed by atoms with van der Waals surface area (Å²) in [4.78, 5) is 3.92. The molecule has 4 N–H and O–H groups in total. The molecular weight excluding hydrogens is 366 g/mol. The largest absolute Gasteiger partial charge is 0.399 e. The van der Waals surface area contributed by atoms with Crippen LogP contribution in [0.1, 0.15) is 0 Å². The van der Waals surface area contributed by atoms with Gasteiger partial charge in [-0.3, -0.25) is 4.98 Å². The van der Waals surface area contributed by atoms with Crippen LogP contribution in [-0.4, -0.2) is 19.7 Å². The van der Waals surface area contributed by atoms with Crippen molar-refractivity contribution in [3.63, 3.8) is 0 Å². The van der Waals surface area contributed by atoms with Crippen LogP contribution in [-0.2, 0) is 9.84 Å². The number of pyridine rings is 1. The summed E-state index contributed by atoms with van der Waals surface area (Å²) in [7, 11) is -3.24. The number of aromatic nitrogens is 1. The second-order valence-electron chi connectivity index (χ2n) is 3.90. The van der Waals surface area contributed by atoms with E-state index in [0.29, 0.717) is 11.4 Å². The molecule has 1 aromatic heterocycles. The Bertz CT molecular complexity index is 690. The van der Waals surface area contributed by atoms with Crippen molar-refractivity contribution in [3.05, 3.63) is 46.2 Å². The molecule has 0 bridgehead atoms. The molecule has 0 atom stereocenters. The molecule has 108 valence electrons. The lowest BCUT2D eigenvalue weighted by atomic mass is 10.3. The van der Waals surface area contributed by atoms with Crippen LogP contribution < -0.4 is 11.5 Å². The van der Waals surface area contributed by atoms with Crippen molar-refractivity contribution in [2.24, 2.45) is 0 Å². The molecule has 0 saturated heterocycles. The Morgan fingerprint density at radius 1 is 1.15 bits per heavy atom. The fraction of sp³-hybridized carbons (Fsp3) is 0.0833. The van der Waals surface area contributed by atoms with Gasteiger partial charge in [0, 0.05) is 28.8 Å². The molecule has 1 heterocycles. The number of sulfone groups is 1. The van der Waals surface area contributed by atoms with Crippen molar-refractivity contribution in [2.75, 3.05) is 17.7 Å². The first-order valence-electron chi connectivity index (χ1n) is 5.31. The van der Waals surface area contributed by atoms with Gasteiger partial charge < -0.3 is 11.5 Å². The Labute approximate surface area is 131 Å². The van der Waals surface area contributed by atoms with Gasteiger partial charge in [-0.1, -0.05) is 11.6 Å². The number of hydrogen-bond donors (Lipinski definition) is 2. The number of hydrogen-bond acceptors (Lipinski definition) is 5. The third-order valence-corrected chi connectivity index (χ3v) is 4.09. The molecule has 0 unspecified atom stereocenters. The lowest BCUT2D eigenvalue weighted by Gasteiger charge is -2.01. The Morgan fingerprint density at radius 2 is 1.80 bits per heavy atom. The van der Waals surface area contributed by atoms with Crippen LogP contribution in [0, 0.1) is 0 Å². The lowest BCUT2D eigenvalue weighted by molar-refractivity contribution is 0.602. The number of rotatable bonds is 1. The number of nitrogen functional groups attached to an aromatic ring is 2. The van der Waals surface area contributed by atoms with Crippen molar-refractivity contribution in [1.29, 1.82) is 0 Å². The molecule has 0 aliphatic rings.